The smallest absolute Gasteiger partial charge is 0.391 e. The lowest BCUT2D eigenvalue weighted by Crippen LogP contribution is -2.11. The lowest BCUT2D eigenvalue weighted by Gasteiger charge is -2.08. The second kappa shape index (κ2) is 6.26. The fourth-order valence-electron chi connectivity index (χ4n) is 1.31. The second-order valence-corrected chi connectivity index (χ2v) is 3.56. The molecule has 6 heteroatoms. The molecule has 3 nitrogen and oxygen atoms in total. The van der Waals surface area contributed by atoms with Crippen molar-refractivity contribution in [2.24, 2.45) is 0 Å². The van der Waals surface area contributed by atoms with Crippen LogP contribution in [0, 0.1) is 11.3 Å². The van der Waals surface area contributed by atoms with Crippen molar-refractivity contribution in [3.8, 4) is 11.8 Å². The number of hydrogen-bond donors (Lipinski definition) is 0. The van der Waals surface area contributed by atoms with Gasteiger partial charge in [0.25, 0.3) is 0 Å². The highest BCUT2D eigenvalue weighted by Crippen LogP contribution is 2.21. The van der Waals surface area contributed by atoms with Crippen molar-refractivity contribution in [2.45, 2.75) is 19.2 Å². The molecule has 0 aromatic heterocycles. The summed E-state index contributed by atoms with van der Waals surface area (Å²) in [6, 6.07) is 6.71. The molecule has 0 spiro atoms. The Labute approximate surface area is 103 Å². The molecule has 0 radical (unpaired) electrons. The van der Waals surface area contributed by atoms with Crippen molar-refractivity contribution in [3.05, 3.63) is 29.3 Å². The SMILES string of the molecule is COc1ccc(COCCC(F)(F)F)cc1C#N. The topological polar surface area (TPSA) is 42.2 Å². The van der Waals surface area contributed by atoms with Gasteiger partial charge in [-0.2, -0.15) is 18.4 Å². The Morgan fingerprint density at radius 1 is 1.33 bits per heavy atom. The fraction of sp³-hybridized carbons (Fsp3) is 0.417. The molecule has 1 aromatic carbocycles. The van der Waals surface area contributed by atoms with E-state index in [2.05, 4.69) is 0 Å². The molecular formula is C12H12F3NO2. The molecule has 0 fully saturated rings. The van der Waals surface area contributed by atoms with Crippen LogP contribution in [-0.4, -0.2) is 19.9 Å². The predicted molar refractivity (Wildman–Crippen MR) is 58.0 cm³/mol. The Morgan fingerprint density at radius 2 is 2.06 bits per heavy atom. The van der Waals surface area contributed by atoms with E-state index in [-0.39, 0.29) is 6.61 Å². The van der Waals surface area contributed by atoms with Crippen molar-refractivity contribution in [3.63, 3.8) is 0 Å². The van der Waals surface area contributed by atoms with Crippen molar-refractivity contribution < 1.29 is 22.6 Å². The van der Waals surface area contributed by atoms with Gasteiger partial charge in [0.2, 0.25) is 0 Å². The molecule has 0 bridgehead atoms. The Bertz CT molecular complexity index is 438. The summed E-state index contributed by atoms with van der Waals surface area (Å²) in [6.07, 6.45) is -5.19. The Morgan fingerprint density at radius 3 is 2.61 bits per heavy atom. The minimum Gasteiger partial charge on any atom is -0.495 e. The van der Waals surface area contributed by atoms with Gasteiger partial charge in [-0.25, -0.2) is 0 Å². The molecule has 0 saturated heterocycles. The molecule has 0 atom stereocenters. The molecule has 1 aromatic rings. The van der Waals surface area contributed by atoms with Gasteiger partial charge in [-0.3, -0.25) is 0 Å². The van der Waals surface area contributed by atoms with E-state index in [4.69, 9.17) is 14.7 Å². The first kappa shape index (κ1) is 14.3. The van der Waals surface area contributed by atoms with E-state index in [1.807, 2.05) is 6.07 Å². The molecule has 0 heterocycles. The molecule has 18 heavy (non-hydrogen) atoms. The number of benzene rings is 1. The number of ether oxygens (including phenoxy) is 2. The summed E-state index contributed by atoms with van der Waals surface area (Å²) >= 11 is 0. The molecule has 0 N–H and O–H groups in total. The van der Waals surface area contributed by atoms with Crippen LogP contribution >= 0.6 is 0 Å². The summed E-state index contributed by atoms with van der Waals surface area (Å²) in [6.45, 7) is -0.355. The summed E-state index contributed by atoms with van der Waals surface area (Å²) in [5.41, 5.74) is 0.962. The summed E-state index contributed by atoms with van der Waals surface area (Å²) in [7, 11) is 1.44. The highest BCUT2D eigenvalue weighted by Gasteiger charge is 2.26. The lowest BCUT2D eigenvalue weighted by molar-refractivity contribution is -0.146. The highest BCUT2D eigenvalue weighted by molar-refractivity contribution is 5.45. The van der Waals surface area contributed by atoms with E-state index in [0.29, 0.717) is 16.9 Å². The average Bonchev–Trinajstić information content (AvgIpc) is 2.33. The molecule has 0 saturated carbocycles. The normalized spacial score (nSPS) is 11.1. The molecule has 0 amide bonds. The number of hydrogen-bond acceptors (Lipinski definition) is 3. The molecule has 0 aliphatic heterocycles. The van der Waals surface area contributed by atoms with E-state index in [0.717, 1.165) is 0 Å². The first-order valence-electron chi connectivity index (χ1n) is 5.18. The maximum Gasteiger partial charge on any atom is 0.391 e. The average molecular weight is 259 g/mol. The molecule has 0 unspecified atom stereocenters. The number of methoxy groups -OCH3 is 1. The first-order chi connectivity index (χ1) is 8.46. The van der Waals surface area contributed by atoms with E-state index >= 15 is 0 Å². The van der Waals surface area contributed by atoms with E-state index in [1.54, 1.807) is 12.1 Å². The van der Waals surface area contributed by atoms with Crippen LogP contribution in [0.4, 0.5) is 13.2 Å². The van der Waals surface area contributed by atoms with Crippen LogP contribution in [0.3, 0.4) is 0 Å². The van der Waals surface area contributed by atoms with Gasteiger partial charge in [0.05, 0.1) is 32.3 Å². The van der Waals surface area contributed by atoms with E-state index in [9.17, 15) is 13.2 Å². The van der Waals surface area contributed by atoms with Gasteiger partial charge in [-0.1, -0.05) is 6.07 Å². The number of rotatable bonds is 5. The van der Waals surface area contributed by atoms with Crippen molar-refractivity contribution >= 4 is 0 Å². The van der Waals surface area contributed by atoms with E-state index < -0.39 is 19.2 Å². The molecule has 98 valence electrons. The summed E-state index contributed by atoms with van der Waals surface area (Å²) in [5, 5.41) is 8.83. The first-order valence-corrected chi connectivity index (χ1v) is 5.18. The predicted octanol–water partition coefficient (Wildman–Crippen LogP) is 3.04. The van der Waals surface area contributed by atoms with Gasteiger partial charge < -0.3 is 9.47 Å². The van der Waals surface area contributed by atoms with Crippen molar-refractivity contribution in [2.75, 3.05) is 13.7 Å². The van der Waals surface area contributed by atoms with Crippen LogP contribution in [0.25, 0.3) is 0 Å². The summed E-state index contributed by atoms with van der Waals surface area (Å²) < 4.78 is 45.4. The third-order valence-electron chi connectivity index (χ3n) is 2.18. The van der Waals surface area contributed by atoms with Crippen molar-refractivity contribution in [1.29, 1.82) is 5.26 Å². The monoisotopic (exact) mass is 259 g/mol. The number of nitriles is 1. The summed E-state index contributed by atoms with van der Waals surface area (Å²) in [4.78, 5) is 0. The van der Waals surface area contributed by atoms with Crippen LogP contribution in [0.15, 0.2) is 18.2 Å². The molecular weight excluding hydrogens is 247 g/mol. The molecule has 0 aliphatic carbocycles. The van der Waals surface area contributed by atoms with Gasteiger partial charge in [0.1, 0.15) is 11.8 Å². The van der Waals surface area contributed by atoms with Crippen LogP contribution in [0.2, 0.25) is 0 Å². The van der Waals surface area contributed by atoms with Crippen LogP contribution in [-0.2, 0) is 11.3 Å². The lowest BCUT2D eigenvalue weighted by atomic mass is 10.1. The van der Waals surface area contributed by atoms with Crippen LogP contribution in [0.1, 0.15) is 17.5 Å². The highest BCUT2D eigenvalue weighted by atomic mass is 19.4. The van der Waals surface area contributed by atoms with Gasteiger partial charge in [0, 0.05) is 0 Å². The number of halogens is 3. The second-order valence-electron chi connectivity index (χ2n) is 3.56. The van der Waals surface area contributed by atoms with Crippen LogP contribution in [0.5, 0.6) is 5.75 Å². The zero-order chi connectivity index (χ0) is 13.6. The Balaban J connectivity index is 2.51. The third-order valence-corrected chi connectivity index (χ3v) is 2.18. The maximum atomic E-state index is 11.9. The zero-order valence-corrected chi connectivity index (χ0v) is 9.75. The molecule has 1 rings (SSSR count). The maximum absolute atomic E-state index is 11.9. The Hall–Kier alpha value is -1.74. The summed E-state index contributed by atoms with van der Waals surface area (Å²) in [5.74, 6) is 0.427. The van der Waals surface area contributed by atoms with Gasteiger partial charge in [0.15, 0.2) is 0 Å². The number of alkyl halides is 3. The fourth-order valence-corrected chi connectivity index (χ4v) is 1.31. The Kier molecular flexibility index (Phi) is 4.98. The minimum absolute atomic E-state index is 0.0365. The van der Waals surface area contributed by atoms with Gasteiger partial charge >= 0.3 is 6.18 Å². The largest absolute Gasteiger partial charge is 0.495 e. The quantitative estimate of drug-likeness (QED) is 0.763. The van der Waals surface area contributed by atoms with Gasteiger partial charge in [-0.15, -0.1) is 0 Å². The molecule has 0 aliphatic rings. The third kappa shape index (κ3) is 4.63. The van der Waals surface area contributed by atoms with Gasteiger partial charge in [-0.05, 0) is 17.7 Å². The van der Waals surface area contributed by atoms with E-state index in [1.165, 1.54) is 13.2 Å². The minimum atomic E-state index is -4.21. The van der Waals surface area contributed by atoms with Crippen molar-refractivity contribution in [1.82, 2.24) is 0 Å². The zero-order valence-electron chi connectivity index (χ0n) is 9.75. The van der Waals surface area contributed by atoms with Crippen LogP contribution < -0.4 is 4.74 Å². The number of nitrogens with zero attached hydrogens (tertiary/aromatic N) is 1. The standard InChI is InChI=1S/C12H12F3NO2/c1-17-11-3-2-9(6-10(11)7-16)8-18-5-4-12(13,14)15/h2-3,6H,4-5,8H2,1H3.